The molecule has 2 aromatic carbocycles. The highest BCUT2D eigenvalue weighted by molar-refractivity contribution is 6.01. The van der Waals surface area contributed by atoms with Crippen molar-refractivity contribution < 1.29 is 19.4 Å². The molecule has 0 saturated carbocycles. The topological polar surface area (TPSA) is 71.4 Å². The predicted octanol–water partition coefficient (Wildman–Crippen LogP) is 3.25. The first-order valence-corrected chi connectivity index (χ1v) is 10.1. The van der Waals surface area contributed by atoms with E-state index in [0.29, 0.717) is 37.6 Å². The van der Waals surface area contributed by atoms with Gasteiger partial charge in [0.2, 0.25) is 5.90 Å². The van der Waals surface area contributed by atoms with Crippen LogP contribution in [0.25, 0.3) is 0 Å². The Labute approximate surface area is 176 Å². The average Bonchev–Trinajstić information content (AvgIpc) is 3.11. The lowest BCUT2D eigenvalue weighted by molar-refractivity contribution is -0.138. The highest BCUT2D eigenvalue weighted by Gasteiger charge is 2.55. The van der Waals surface area contributed by atoms with Gasteiger partial charge in [-0.2, -0.15) is 0 Å². The summed E-state index contributed by atoms with van der Waals surface area (Å²) in [6.45, 7) is 4.95. The van der Waals surface area contributed by atoms with Crippen LogP contribution in [0.5, 0.6) is 5.75 Å². The summed E-state index contributed by atoms with van der Waals surface area (Å²) in [7, 11) is 1.80. The normalized spacial score (nSPS) is 22.5. The van der Waals surface area contributed by atoms with Crippen LogP contribution in [0.4, 0.5) is 0 Å². The minimum absolute atomic E-state index is 0.0671. The first kappa shape index (κ1) is 20.2. The van der Waals surface area contributed by atoms with Crippen molar-refractivity contribution in [2.24, 2.45) is 4.99 Å². The van der Waals surface area contributed by atoms with Crippen LogP contribution in [-0.4, -0.2) is 47.6 Å². The largest absolute Gasteiger partial charge is 0.494 e. The van der Waals surface area contributed by atoms with Gasteiger partial charge < -0.3 is 19.5 Å². The van der Waals surface area contributed by atoms with Crippen LogP contribution >= 0.6 is 0 Å². The molecule has 0 fully saturated rings. The number of carbonyl (C=O) groups is 1. The van der Waals surface area contributed by atoms with E-state index in [4.69, 9.17) is 19.6 Å². The van der Waals surface area contributed by atoms with E-state index in [0.717, 1.165) is 16.7 Å². The van der Waals surface area contributed by atoms with Gasteiger partial charge in [0.15, 0.2) is 11.6 Å². The monoisotopic (exact) mass is 406 g/mol. The van der Waals surface area contributed by atoms with Crippen molar-refractivity contribution in [2.45, 2.75) is 31.0 Å². The Morgan fingerprint density at radius 2 is 2.07 bits per heavy atom. The number of benzene rings is 2. The SMILES string of the molecule is C=CC[C@@]12N=C(c3ccc(OCCCO)cc3)O[C@@H]1c1ccccc1CN(C)C2=O. The van der Waals surface area contributed by atoms with Gasteiger partial charge >= 0.3 is 0 Å². The summed E-state index contributed by atoms with van der Waals surface area (Å²) < 4.78 is 11.9. The van der Waals surface area contributed by atoms with Crippen LogP contribution in [-0.2, 0) is 16.1 Å². The van der Waals surface area contributed by atoms with Gasteiger partial charge in [-0.05, 0) is 29.8 Å². The van der Waals surface area contributed by atoms with Crippen molar-refractivity contribution in [1.29, 1.82) is 0 Å². The fourth-order valence-electron chi connectivity index (χ4n) is 4.09. The summed E-state index contributed by atoms with van der Waals surface area (Å²) in [4.78, 5) is 20.0. The first-order chi connectivity index (χ1) is 14.6. The first-order valence-electron chi connectivity index (χ1n) is 10.1. The van der Waals surface area contributed by atoms with Crippen molar-refractivity contribution in [3.8, 4) is 5.75 Å². The Kier molecular flexibility index (Phi) is 5.59. The third-order valence-electron chi connectivity index (χ3n) is 5.55. The van der Waals surface area contributed by atoms with Crippen molar-refractivity contribution in [3.63, 3.8) is 0 Å². The molecule has 0 aromatic heterocycles. The Hall–Kier alpha value is -3.12. The summed E-state index contributed by atoms with van der Waals surface area (Å²) in [5, 5.41) is 8.88. The van der Waals surface area contributed by atoms with E-state index >= 15 is 0 Å². The zero-order valence-corrected chi connectivity index (χ0v) is 17.1. The van der Waals surface area contributed by atoms with Crippen LogP contribution in [0.1, 0.15) is 35.6 Å². The Morgan fingerprint density at radius 1 is 1.30 bits per heavy atom. The van der Waals surface area contributed by atoms with Crippen LogP contribution in [0.3, 0.4) is 0 Å². The quantitative estimate of drug-likeness (QED) is 0.566. The highest BCUT2D eigenvalue weighted by atomic mass is 16.5. The van der Waals surface area contributed by atoms with E-state index in [9.17, 15) is 4.79 Å². The predicted molar refractivity (Wildman–Crippen MR) is 114 cm³/mol. The van der Waals surface area contributed by atoms with Crippen molar-refractivity contribution in [1.82, 2.24) is 4.90 Å². The van der Waals surface area contributed by atoms with Gasteiger partial charge in [0.05, 0.1) is 6.61 Å². The van der Waals surface area contributed by atoms with E-state index in [1.165, 1.54) is 0 Å². The van der Waals surface area contributed by atoms with E-state index in [2.05, 4.69) is 6.58 Å². The number of carbonyl (C=O) groups excluding carboxylic acids is 1. The van der Waals surface area contributed by atoms with Crippen molar-refractivity contribution in [2.75, 3.05) is 20.3 Å². The molecule has 1 N–H and O–H groups in total. The van der Waals surface area contributed by atoms with Crippen molar-refractivity contribution in [3.05, 3.63) is 77.9 Å². The van der Waals surface area contributed by atoms with Crippen LogP contribution in [0.15, 0.2) is 66.2 Å². The molecule has 0 aliphatic carbocycles. The third-order valence-corrected chi connectivity index (χ3v) is 5.55. The molecule has 30 heavy (non-hydrogen) atoms. The number of nitrogens with zero attached hydrogens (tertiary/aromatic N) is 2. The molecular weight excluding hydrogens is 380 g/mol. The second-order valence-electron chi connectivity index (χ2n) is 7.64. The lowest BCUT2D eigenvalue weighted by atomic mass is 9.84. The van der Waals surface area contributed by atoms with Gasteiger partial charge in [-0.25, -0.2) is 4.99 Å². The maximum Gasteiger partial charge on any atom is 0.255 e. The Bertz CT molecular complexity index is 969. The van der Waals surface area contributed by atoms with Gasteiger partial charge in [0, 0.05) is 44.2 Å². The molecule has 6 nitrogen and oxygen atoms in total. The molecule has 2 aliphatic rings. The summed E-state index contributed by atoms with van der Waals surface area (Å²) in [6.07, 6.45) is 2.21. The summed E-state index contributed by atoms with van der Waals surface area (Å²) in [5.41, 5.74) is 1.77. The molecule has 2 aliphatic heterocycles. The molecule has 2 atom stereocenters. The van der Waals surface area contributed by atoms with E-state index in [-0.39, 0.29) is 12.5 Å². The molecule has 0 spiro atoms. The molecule has 0 bridgehead atoms. The third kappa shape index (κ3) is 3.48. The number of fused-ring (bicyclic) bond motifs is 3. The minimum Gasteiger partial charge on any atom is -0.494 e. The number of rotatable bonds is 7. The number of hydrogen-bond acceptors (Lipinski definition) is 5. The Balaban J connectivity index is 1.71. The molecule has 2 aromatic rings. The molecule has 156 valence electrons. The van der Waals surface area contributed by atoms with Gasteiger partial charge in [-0.1, -0.05) is 30.3 Å². The Morgan fingerprint density at radius 3 is 2.80 bits per heavy atom. The van der Waals surface area contributed by atoms with Crippen LogP contribution < -0.4 is 4.74 Å². The summed E-state index contributed by atoms with van der Waals surface area (Å²) in [6, 6.07) is 15.4. The molecule has 2 heterocycles. The molecule has 0 saturated heterocycles. The second kappa shape index (κ2) is 8.32. The van der Waals surface area contributed by atoms with Gasteiger partial charge in [0.1, 0.15) is 5.75 Å². The number of likely N-dealkylation sites (N-methyl/N-ethyl adjacent to an activating group) is 1. The zero-order valence-electron chi connectivity index (χ0n) is 17.1. The highest BCUT2D eigenvalue weighted by Crippen LogP contribution is 2.46. The number of aliphatic hydroxyl groups excluding tert-OH is 1. The van der Waals surface area contributed by atoms with Gasteiger partial charge in [-0.3, -0.25) is 4.79 Å². The second-order valence-corrected chi connectivity index (χ2v) is 7.64. The van der Waals surface area contributed by atoms with Crippen LogP contribution in [0.2, 0.25) is 0 Å². The number of hydrogen-bond donors (Lipinski definition) is 1. The standard InChI is InChI=1S/C24H26N2O4/c1-3-13-24-21(20-8-5-4-7-18(20)16-26(2)23(24)28)30-22(25-24)17-9-11-19(12-10-17)29-15-6-14-27/h3-5,7-12,21,27H,1,6,13-16H2,2H3/t21-,24-/m1/s1. The molecule has 6 heteroatoms. The van der Waals surface area contributed by atoms with Gasteiger partial charge in [-0.15, -0.1) is 6.58 Å². The van der Waals surface area contributed by atoms with Crippen molar-refractivity contribution >= 4 is 11.8 Å². The smallest absolute Gasteiger partial charge is 0.255 e. The zero-order chi connectivity index (χ0) is 21.1. The molecule has 0 unspecified atom stereocenters. The van der Waals surface area contributed by atoms with Crippen LogP contribution in [0, 0.1) is 0 Å². The maximum absolute atomic E-state index is 13.4. The molecule has 0 radical (unpaired) electrons. The average molecular weight is 406 g/mol. The summed E-state index contributed by atoms with van der Waals surface area (Å²) >= 11 is 0. The number of aliphatic hydroxyl groups is 1. The van der Waals surface area contributed by atoms with E-state index in [1.807, 2.05) is 48.5 Å². The van der Waals surface area contributed by atoms with E-state index < -0.39 is 11.6 Å². The maximum atomic E-state index is 13.4. The minimum atomic E-state index is -1.06. The fourth-order valence-corrected chi connectivity index (χ4v) is 4.09. The summed E-state index contributed by atoms with van der Waals surface area (Å²) in [5.74, 6) is 1.09. The van der Waals surface area contributed by atoms with Gasteiger partial charge in [0.25, 0.3) is 5.91 Å². The lowest BCUT2D eigenvalue weighted by Crippen LogP contribution is -2.46. The fraction of sp³-hybridized carbons (Fsp3) is 0.333. The number of amides is 1. The lowest BCUT2D eigenvalue weighted by Gasteiger charge is -2.29. The molecule has 1 amide bonds. The molecule has 4 rings (SSSR count). The molecular formula is C24H26N2O4. The van der Waals surface area contributed by atoms with E-state index in [1.54, 1.807) is 18.0 Å². The number of ether oxygens (including phenoxy) is 2. The number of aliphatic imine (C=N–C) groups is 1.